The molecule has 1 fully saturated rings. The van der Waals surface area contributed by atoms with Crippen LogP contribution in [0.3, 0.4) is 0 Å². The Kier molecular flexibility index (Phi) is 9.76. The van der Waals surface area contributed by atoms with Gasteiger partial charge in [0.1, 0.15) is 6.61 Å². The van der Waals surface area contributed by atoms with E-state index < -0.39 is 23.8 Å². The van der Waals surface area contributed by atoms with Gasteiger partial charge in [0.05, 0.1) is 18.9 Å². The van der Waals surface area contributed by atoms with Gasteiger partial charge in [0.2, 0.25) is 0 Å². The number of hydrogen-bond donors (Lipinski definition) is 0. The summed E-state index contributed by atoms with van der Waals surface area (Å²) in [6.45, 7) is 1.86. The minimum Gasteiger partial charge on any atom is -0.461 e. The summed E-state index contributed by atoms with van der Waals surface area (Å²) in [5.74, 6) is 2.00. The van der Waals surface area contributed by atoms with Crippen molar-refractivity contribution in [1.82, 2.24) is 0 Å². The Bertz CT molecular complexity index is 578. The summed E-state index contributed by atoms with van der Waals surface area (Å²) in [6, 6.07) is 0. The second-order valence-corrected chi connectivity index (χ2v) is 5.48. The highest BCUT2D eigenvalue weighted by Crippen LogP contribution is 2.32. The molecule has 2 atom stereocenters. The number of carbonyl (C=O) groups is 3. The van der Waals surface area contributed by atoms with Crippen LogP contribution in [0.5, 0.6) is 0 Å². The van der Waals surface area contributed by atoms with E-state index in [0.717, 1.165) is 12.8 Å². The maximum Gasteiger partial charge on any atom is 0.384 e. The summed E-state index contributed by atoms with van der Waals surface area (Å²) in [5, 5.41) is 0. The fraction of sp³-hybridized carbons (Fsp3) is 0.526. The molecule has 0 aliphatic heterocycles. The van der Waals surface area contributed by atoms with Crippen LogP contribution in [0, 0.1) is 23.7 Å². The van der Waals surface area contributed by atoms with Crippen LogP contribution in [0.25, 0.3) is 0 Å². The average molecular weight is 348 g/mol. The first-order valence-electron chi connectivity index (χ1n) is 8.28. The minimum absolute atomic E-state index is 0.173. The third-order valence-corrected chi connectivity index (χ3v) is 3.80. The highest BCUT2D eigenvalue weighted by atomic mass is 16.5. The van der Waals surface area contributed by atoms with Crippen molar-refractivity contribution in [1.29, 1.82) is 0 Å². The van der Waals surface area contributed by atoms with Crippen molar-refractivity contribution in [2.24, 2.45) is 11.8 Å². The van der Waals surface area contributed by atoms with Gasteiger partial charge in [-0.1, -0.05) is 31.1 Å². The smallest absolute Gasteiger partial charge is 0.384 e. The SMILES string of the molecule is C/C=C/C=C/COC(=O)[C@@H]1CCCC[C@@H]1C(=O)OCC#CC(=O)OC. The van der Waals surface area contributed by atoms with E-state index in [2.05, 4.69) is 16.6 Å². The van der Waals surface area contributed by atoms with Crippen molar-refractivity contribution in [3.05, 3.63) is 24.3 Å². The van der Waals surface area contributed by atoms with Gasteiger partial charge in [0.15, 0.2) is 6.61 Å². The van der Waals surface area contributed by atoms with E-state index in [9.17, 15) is 14.4 Å². The van der Waals surface area contributed by atoms with Crippen LogP contribution in [0.4, 0.5) is 0 Å². The van der Waals surface area contributed by atoms with Crippen LogP contribution in [-0.4, -0.2) is 38.2 Å². The summed E-state index contributed by atoms with van der Waals surface area (Å²) < 4.78 is 14.6. The Balaban J connectivity index is 2.53. The zero-order valence-electron chi connectivity index (χ0n) is 14.7. The second-order valence-electron chi connectivity index (χ2n) is 5.48. The zero-order valence-corrected chi connectivity index (χ0v) is 14.7. The molecule has 1 saturated carbocycles. The summed E-state index contributed by atoms with van der Waals surface area (Å²) in [7, 11) is 1.22. The van der Waals surface area contributed by atoms with Gasteiger partial charge in [0, 0.05) is 5.92 Å². The third-order valence-electron chi connectivity index (χ3n) is 3.80. The normalized spacial score (nSPS) is 19.9. The lowest BCUT2D eigenvalue weighted by Gasteiger charge is -2.27. The van der Waals surface area contributed by atoms with Crippen LogP contribution in [0.1, 0.15) is 32.6 Å². The zero-order chi connectivity index (χ0) is 18.5. The number of hydrogen-bond acceptors (Lipinski definition) is 6. The number of esters is 3. The summed E-state index contributed by atoms with van der Waals surface area (Å²) in [6.07, 6.45) is 10.1. The van der Waals surface area contributed by atoms with E-state index in [1.54, 1.807) is 12.2 Å². The Hall–Kier alpha value is -2.55. The van der Waals surface area contributed by atoms with Crippen LogP contribution in [-0.2, 0) is 28.6 Å². The number of ether oxygens (including phenoxy) is 3. The molecule has 0 bridgehead atoms. The van der Waals surface area contributed by atoms with Gasteiger partial charge in [-0.3, -0.25) is 9.59 Å². The van der Waals surface area contributed by atoms with Crippen molar-refractivity contribution >= 4 is 17.9 Å². The van der Waals surface area contributed by atoms with Crippen LogP contribution < -0.4 is 0 Å². The van der Waals surface area contributed by atoms with Gasteiger partial charge < -0.3 is 14.2 Å². The molecule has 0 aromatic heterocycles. The van der Waals surface area contributed by atoms with Gasteiger partial charge in [-0.05, 0) is 31.8 Å². The molecular weight excluding hydrogens is 324 g/mol. The van der Waals surface area contributed by atoms with Crippen molar-refractivity contribution < 1.29 is 28.6 Å². The molecule has 0 amide bonds. The molecule has 1 aliphatic rings. The molecule has 0 aromatic carbocycles. The molecule has 0 radical (unpaired) electrons. The molecule has 0 N–H and O–H groups in total. The molecule has 0 unspecified atom stereocenters. The topological polar surface area (TPSA) is 78.9 Å². The van der Waals surface area contributed by atoms with E-state index in [-0.39, 0.29) is 19.2 Å². The quantitative estimate of drug-likeness (QED) is 0.241. The summed E-state index contributed by atoms with van der Waals surface area (Å²) in [5.41, 5.74) is 0. The van der Waals surface area contributed by atoms with E-state index >= 15 is 0 Å². The first-order valence-corrected chi connectivity index (χ1v) is 8.28. The average Bonchev–Trinajstić information content (AvgIpc) is 2.64. The fourth-order valence-corrected chi connectivity index (χ4v) is 2.55. The lowest BCUT2D eigenvalue weighted by molar-refractivity contribution is -0.161. The number of allylic oxidation sites excluding steroid dienone is 3. The maximum atomic E-state index is 12.2. The molecule has 6 heteroatoms. The summed E-state index contributed by atoms with van der Waals surface area (Å²) >= 11 is 0. The molecule has 1 aliphatic carbocycles. The molecule has 0 spiro atoms. The molecule has 136 valence electrons. The van der Waals surface area contributed by atoms with Crippen molar-refractivity contribution in [2.75, 3.05) is 20.3 Å². The summed E-state index contributed by atoms with van der Waals surface area (Å²) in [4.78, 5) is 35.3. The number of methoxy groups -OCH3 is 1. The highest BCUT2D eigenvalue weighted by Gasteiger charge is 2.37. The highest BCUT2D eigenvalue weighted by molar-refractivity contribution is 5.88. The second kappa shape index (κ2) is 11.9. The molecule has 6 nitrogen and oxygen atoms in total. The Labute approximate surface area is 148 Å². The van der Waals surface area contributed by atoms with Gasteiger partial charge >= 0.3 is 17.9 Å². The van der Waals surface area contributed by atoms with Crippen LogP contribution in [0.2, 0.25) is 0 Å². The fourth-order valence-electron chi connectivity index (χ4n) is 2.55. The van der Waals surface area contributed by atoms with E-state index in [1.165, 1.54) is 7.11 Å². The number of carbonyl (C=O) groups excluding carboxylic acids is 3. The van der Waals surface area contributed by atoms with E-state index in [1.807, 2.05) is 19.1 Å². The molecule has 0 saturated heterocycles. The minimum atomic E-state index is -0.693. The largest absolute Gasteiger partial charge is 0.461 e. The van der Waals surface area contributed by atoms with Gasteiger partial charge in [-0.15, -0.1) is 0 Å². The van der Waals surface area contributed by atoms with Crippen molar-refractivity contribution in [3.8, 4) is 11.8 Å². The molecule has 0 aromatic rings. The van der Waals surface area contributed by atoms with Crippen LogP contribution in [0.15, 0.2) is 24.3 Å². The third kappa shape index (κ3) is 7.71. The molecule has 0 heterocycles. The van der Waals surface area contributed by atoms with Gasteiger partial charge in [0.25, 0.3) is 0 Å². The predicted molar refractivity (Wildman–Crippen MR) is 91.1 cm³/mol. The van der Waals surface area contributed by atoms with Gasteiger partial charge in [-0.25, -0.2) is 4.79 Å². The predicted octanol–water partition coefficient (Wildman–Crippen LogP) is 2.19. The molecule has 25 heavy (non-hydrogen) atoms. The van der Waals surface area contributed by atoms with Gasteiger partial charge in [-0.2, -0.15) is 0 Å². The Morgan fingerprint density at radius 3 is 2.28 bits per heavy atom. The molecular formula is C19H24O6. The lowest BCUT2D eigenvalue weighted by atomic mass is 9.79. The maximum absolute atomic E-state index is 12.2. The lowest BCUT2D eigenvalue weighted by Crippen LogP contribution is -2.35. The van der Waals surface area contributed by atoms with Crippen LogP contribution >= 0.6 is 0 Å². The van der Waals surface area contributed by atoms with E-state index in [0.29, 0.717) is 12.8 Å². The van der Waals surface area contributed by atoms with Crippen molar-refractivity contribution in [2.45, 2.75) is 32.6 Å². The first-order chi connectivity index (χ1) is 12.1. The Morgan fingerprint density at radius 1 is 1.04 bits per heavy atom. The van der Waals surface area contributed by atoms with E-state index in [4.69, 9.17) is 9.47 Å². The molecule has 1 rings (SSSR count). The first kappa shape index (κ1) is 20.5. The van der Waals surface area contributed by atoms with Crippen molar-refractivity contribution in [3.63, 3.8) is 0 Å². The number of rotatable bonds is 6. The standard InChI is InChI=1S/C19H24O6/c1-3-4-5-8-13-24-18(21)15-10-6-7-11-16(15)19(22)25-14-9-12-17(20)23-2/h3-5,8,15-16H,6-7,10-11,13-14H2,1-2H3/b4-3+,8-5+/t15-,16+/m1/s1. The Morgan fingerprint density at radius 2 is 1.68 bits per heavy atom. The monoisotopic (exact) mass is 348 g/mol.